The minimum Gasteiger partial charge on any atom is -0.463 e. The maximum atomic E-state index is 13.6. The van der Waals surface area contributed by atoms with Crippen LogP contribution in [0.15, 0.2) is 69.0 Å². The second-order valence-electron chi connectivity index (χ2n) is 7.53. The van der Waals surface area contributed by atoms with E-state index in [1.165, 1.54) is 22.7 Å². The van der Waals surface area contributed by atoms with E-state index in [0.717, 1.165) is 21.3 Å². The molecule has 0 saturated carbocycles. The zero-order valence-corrected chi connectivity index (χ0v) is 19.5. The number of esters is 1. The van der Waals surface area contributed by atoms with E-state index >= 15 is 0 Å². The lowest BCUT2D eigenvalue weighted by atomic mass is 10.0. The lowest BCUT2D eigenvalue weighted by Crippen LogP contribution is -2.39. The highest BCUT2D eigenvalue weighted by Gasteiger charge is 2.33. The molecule has 1 atom stereocenters. The predicted molar refractivity (Wildman–Crippen MR) is 128 cm³/mol. The van der Waals surface area contributed by atoms with Gasteiger partial charge in [0.25, 0.3) is 5.56 Å². The van der Waals surface area contributed by atoms with Gasteiger partial charge in [0.15, 0.2) is 4.80 Å². The Morgan fingerprint density at radius 1 is 1.25 bits per heavy atom. The molecule has 0 fully saturated rings. The molecule has 0 amide bonds. The number of benzene rings is 1. The Kier molecular flexibility index (Phi) is 5.19. The number of allylic oxidation sites excluding steroid dienone is 1. The van der Waals surface area contributed by atoms with Crippen molar-refractivity contribution in [2.24, 2.45) is 12.0 Å². The minimum atomic E-state index is -0.542. The number of hydrogen-bond acceptors (Lipinski definition) is 6. The molecule has 4 heterocycles. The van der Waals surface area contributed by atoms with Crippen molar-refractivity contribution in [2.45, 2.75) is 19.9 Å². The van der Waals surface area contributed by atoms with Gasteiger partial charge in [0, 0.05) is 34.6 Å². The molecule has 0 aliphatic carbocycles. The summed E-state index contributed by atoms with van der Waals surface area (Å²) in [6.45, 7) is 3.83. The summed E-state index contributed by atoms with van der Waals surface area (Å²) in [5, 5.41) is 3.03. The van der Waals surface area contributed by atoms with Crippen molar-refractivity contribution < 1.29 is 9.53 Å². The zero-order chi connectivity index (χ0) is 22.4. The highest BCUT2D eigenvalue weighted by Crippen LogP contribution is 2.33. The van der Waals surface area contributed by atoms with Crippen LogP contribution in [0.2, 0.25) is 0 Å². The first kappa shape index (κ1) is 20.7. The van der Waals surface area contributed by atoms with Gasteiger partial charge in [-0.15, -0.1) is 11.3 Å². The zero-order valence-electron chi connectivity index (χ0n) is 17.9. The normalized spacial score (nSPS) is 16.3. The summed E-state index contributed by atoms with van der Waals surface area (Å²) in [6.07, 6.45) is 3.94. The van der Waals surface area contributed by atoms with E-state index in [9.17, 15) is 9.59 Å². The molecule has 1 aromatic carbocycles. The average Bonchev–Trinajstić information content (AvgIpc) is 3.48. The second-order valence-corrected chi connectivity index (χ2v) is 9.52. The molecule has 8 heteroatoms. The second kappa shape index (κ2) is 8.03. The summed E-state index contributed by atoms with van der Waals surface area (Å²) >= 11 is 2.85. The molecule has 1 aliphatic heterocycles. The van der Waals surface area contributed by atoms with Gasteiger partial charge in [0.05, 0.1) is 22.4 Å². The summed E-state index contributed by atoms with van der Waals surface area (Å²) in [6, 6.07) is 11.4. The molecule has 4 aromatic rings. The third kappa shape index (κ3) is 3.27. The molecule has 32 heavy (non-hydrogen) atoms. The molecule has 3 aromatic heterocycles. The molecule has 0 saturated heterocycles. The molecule has 162 valence electrons. The van der Waals surface area contributed by atoms with Gasteiger partial charge < -0.3 is 9.30 Å². The van der Waals surface area contributed by atoms with Crippen molar-refractivity contribution in [2.75, 3.05) is 6.61 Å². The Balaban J connectivity index is 1.74. The van der Waals surface area contributed by atoms with E-state index in [1.807, 2.05) is 49.0 Å². The maximum Gasteiger partial charge on any atom is 0.338 e. The van der Waals surface area contributed by atoms with Crippen LogP contribution in [0.3, 0.4) is 0 Å². The Morgan fingerprint density at radius 3 is 2.81 bits per heavy atom. The topological polar surface area (TPSA) is 65.6 Å². The third-order valence-corrected chi connectivity index (χ3v) is 7.45. The van der Waals surface area contributed by atoms with Crippen LogP contribution in [-0.2, 0) is 16.6 Å². The Morgan fingerprint density at radius 2 is 2.06 bits per heavy atom. The lowest BCUT2D eigenvalue weighted by Gasteiger charge is -2.23. The van der Waals surface area contributed by atoms with Gasteiger partial charge in [-0.1, -0.05) is 35.6 Å². The number of carbonyl (C=O) groups excluding carboxylic acids is 1. The van der Waals surface area contributed by atoms with Crippen molar-refractivity contribution >= 4 is 45.6 Å². The first-order valence-electron chi connectivity index (χ1n) is 10.3. The van der Waals surface area contributed by atoms with Crippen LogP contribution in [-0.4, -0.2) is 21.7 Å². The molecular weight excluding hydrogens is 442 g/mol. The van der Waals surface area contributed by atoms with E-state index in [1.54, 1.807) is 18.4 Å². The van der Waals surface area contributed by atoms with Crippen molar-refractivity contribution in [3.8, 4) is 0 Å². The van der Waals surface area contributed by atoms with Crippen LogP contribution in [0.1, 0.15) is 30.3 Å². The fourth-order valence-electron chi connectivity index (χ4n) is 4.14. The smallest absolute Gasteiger partial charge is 0.338 e. The van der Waals surface area contributed by atoms with E-state index < -0.39 is 12.0 Å². The lowest BCUT2D eigenvalue weighted by molar-refractivity contribution is -0.139. The molecule has 0 radical (unpaired) electrons. The fraction of sp³-hybridized carbons (Fsp3) is 0.208. The van der Waals surface area contributed by atoms with Crippen LogP contribution in [0.25, 0.3) is 17.0 Å². The maximum absolute atomic E-state index is 13.6. The number of nitrogens with zero attached hydrogens (tertiary/aromatic N) is 3. The van der Waals surface area contributed by atoms with E-state index in [4.69, 9.17) is 4.74 Å². The van der Waals surface area contributed by atoms with E-state index in [-0.39, 0.29) is 12.2 Å². The number of aryl methyl sites for hydroxylation is 1. The highest BCUT2D eigenvalue weighted by atomic mass is 32.1. The SMILES string of the molecule is CCOC(=O)C1=C(C)N=c2s/c(=C\c3cn(C)c4ccccc34)c(=O)n2C1c1cccs1. The minimum absolute atomic E-state index is 0.158. The number of fused-ring (bicyclic) bond motifs is 2. The van der Waals surface area contributed by atoms with Gasteiger partial charge in [0.1, 0.15) is 6.04 Å². The van der Waals surface area contributed by atoms with Crippen LogP contribution in [0, 0.1) is 0 Å². The van der Waals surface area contributed by atoms with Crippen LogP contribution >= 0.6 is 22.7 Å². The largest absolute Gasteiger partial charge is 0.463 e. The average molecular weight is 464 g/mol. The number of thiophene rings is 1. The van der Waals surface area contributed by atoms with Gasteiger partial charge in [-0.2, -0.15) is 0 Å². The van der Waals surface area contributed by atoms with E-state index in [0.29, 0.717) is 20.6 Å². The Bertz CT molecular complexity index is 1550. The van der Waals surface area contributed by atoms with Gasteiger partial charge in [-0.25, -0.2) is 9.79 Å². The van der Waals surface area contributed by atoms with Gasteiger partial charge in [-0.05, 0) is 37.4 Å². The highest BCUT2D eigenvalue weighted by molar-refractivity contribution is 7.10. The van der Waals surface area contributed by atoms with Crippen molar-refractivity contribution in [1.29, 1.82) is 0 Å². The van der Waals surface area contributed by atoms with Crippen molar-refractivity contribution in [1.82, 2.24) is 9.13 Å². The molecule has 1 aliphatic rings. The number of carbonyl (C=O) groups is 1. The standard InChI is InChI=1S/C24H21N3O3S2/c1-4-30-23(29)20-14(2)25-24-27(21(20)18-10-7-11-31-18)22(28)19(32-24)12-15-13-26(3)17-9-6-5-8-16(15)17/h5-13,21H,4H2,1-3H3/b19-12-. The Labute approximate surface area is 192 Å². The molecule has 6 nitrogen and oxygen atoms in total. The number of rotatable bonds is 4. The fourth-order valence-corrected chi connectivity index (χ4v) is 6.00. The van der Waals surface area contributed by atoms with Crippen molar-refractivity contribution in [3.63, 3.8) is 0 Å². The summed E-state index contributed by atoms with van der Waals surface area (Å²) < 4.78 is 9.58. The van der Waals surface area contributed by atoms with Crippen molar-refractivity contribution in [3.05, 3.63) is 89.4 Å². The van der Waals surface area contributed by atoms with Gasteiger partial charge in [0.2, 0.25) is 0 Å². The quantitative estimate of drug-likeness (QED) is 0.436. The number of hydrogen-bond donors (Lipinski definition) is 0. The van der Waals surface area contributed by atoms with Crippen LogP contribution in [0.5, 0.6) is 0 Å². The summed E-state index contributed by atoms with van der Waals surface area (Å²) in [5.74, 6) is -0.435. The number of thiazole rings is 1. The van der Waals surface area contributed by atoms with Gasteiger partial charge in [-0.3, -0.25) is 9.36 Å². The summed E-state index contributed by atoms with van der Waals surface area (Å²) in [5.41, 5.74) is 2.92. The first-order chi connectivity index (χ1) is 15.5. The third-order valence-electron chi connectivity index (χ3n) is 5.54. The summed E-state index contributed by atoms with van der Waals surface area (Å²) in [7, 11) is 1.99. The number of aromatic nitrogens is 2. The van der Waals surface area contributed by atoms with Crippen LogP contribution in [0.4, 0.5) is 0 Å². The van der Waals surface area contributed by atoms with Gasteiger partial charge >= 0.3 is 5.97 Å². The predicted octanol–water partition coefficient (Wildman–Crippen LogP) is 3.35. The van der Waals surface area contributed by atoms with E-state index in [2.05, 4.69) is 21.7 Å². The molecule has 0 N–H and O–H groups in total. The molecule has 1 unspecified atom stereocenters. The number of ether oxygens (including phenoxy) is 1. The molecule has 0 spiro atoms. The number of para-hydroxylation sites is 1. The monoisotopic (exact) mass is 463 g/mol. The van der Waals surface area contributed by atoms with Crippen LogP contribution < -0.4 is 14.9 Å². The summed E-state index contributed by atoms with van der Waals surface area (Å²) in [4.78, 5) is 32.5. The Hall–Kier alpha value is -3.23. The first-order valence-corrected chi connectivity index (χ1v) is 12.0. The molecule has 0 bridgehead atoms. The molecular formula is C24H21N3O3S2. The molecule has 5 rings (SSSR count).